The summed E-state index contributed by atoms with van der Waals surface area (Å²) in [5.41, 5.74) is 0. The fourth-order valence-corrected chi connectivity index (χ4v) is 1.86. The maximum atomic E-state index is 5.03. The Bertz CT molecular complexity index is 266. The van der Waals surface area contributed by atoms with Gasteiger partial charge in [0, 0.05) is 13.1 Å². The standard InChI is InChI=1S/C9H16N4O/c1-12-5-3-8(4-6-12)13(2)9-10-7-11-14-9/h7-8H,3-6H2,1-2H3. The summed E-state index contributed by atoms with van der Waals surface area (Å²) >= 11 is 0. The maximum Gasteiger partial charge on any atom is 0.323 e. The van der Waals surface area contributed by atoms with Crippen molar-refractivity contribution >= 4 is 6.01 Å². The van der Waals surface area contributed by atoms with Gasteiger partial charge in [-0.1, -0.05) is 5.16 Å². The number of nitrogens with zero attached hydrogens (tertiary/aromatic N) is 4. The fraction of sp³-hybridized carbons (Fsp3) is 0.778. The molecule has 2 rings (SSSR count). The summed E-state index contributed by atoms with van der Waals surface area (Å²) in [5, 5.41) is 3.61. The Morgan fingerprint density at radius 2 is 2.21 bits per heavy atom. The first-order valence-electron chi connectivity index (χ1n) is 4.95. The van der Waals surface area contributed by atoms with Gasteiger partial charge in [0.15, 0.2) is 6.33 Å². The van der Waals surface area contributed by atoms with Crippen LogP contribution in [0.2, 0.25) is 0 Å². The molecule has 0 amide bonds. The van der Waals surface area contributed by atoms with Crippen LogP contribution in [0.3, 0.4) is 0 Å². The van der Waals surface area contributed by atoms with Crippen LogP contribution in [0.1, 0.15) is 12.8 Å². The number of rotatable bonds is 2. The number of hydrogen-bond acceptors (Lipinski definition) is 5. The van der Waals surface area contributed by atoms with Crippen molar-refractivity contribution in [3.63, 3.8) is 0 Å². The van der Waals surface area contributed by atoms with Gasteiger partial charge in [0.1, 0.15) is 0 Å². The smallest absolute Gasteiger partial charge is 0.323 e. The number of aromatic nitrogens is 2. The minimum absolute atomic E-state index is 0.534. The molecule has 1 fully saturated rings. The summed E-state index contributed by atoms with van der Waals surface area (Å²) in [5.74, 6) is 0. The predicted molar refractivity (Wildman–Crippen MR) is 53.2 cm³/mol. The van der Waals surface area contributed by atoms with E-state index in [-0.39, 0.29) is 0 Å². The van der Waals surface area contributed by atoms with Crippen LogP contribution in [0.15, 0.2) is 10.9 Å². The van der Waals surface area contributed by atoms with Gasteiger partial charge in [0.2, 0.25) is 0 Å². The van der Waals surface area contributed by atoms with Crippen LogP contribution in [-0.4, -0.2) is 48.3 Å². The molecule has 0 saturated carbocycles. The third-order valence-corrected chi connectivity index (χ3v) is 2.89. The molecule has 14 heavy (non-hydrogen) atoms. The lowest BCUT2D eigenvalue weighted by Gasteiger charge is -2.33. The molecular weight excluding hydrogens is 180 g/mol. The molecule has 0 unspecified atom stereocenters. The molecule has 0 atom stereocenters. The quantitative estimate of drug-likeness (QED) is 0.693. The van der Waals surface area contributed by atoms with Crippen molar-refractivity contribution in [2.45, 2.75) is 18.9 Å². The van der Waals surface area contributed by atoms with Crippen LogP contribution in [-0.2, 0) is 0 Å². The summed E-state index contributed by atoms with van der Waals surface area (Å²) in [7, 11) is 4.17. The highest BCUT2D eigenvalue weighted by Crippen LogP contribution is 2.18. The highest BCUT2D eigenvalue weighted by Gasteiger charge is 2.22. The Hall–Kier alpha value is -1.10. The topological polar surface area (TPSA) is 45.4 Å². The van der Waals surface area contributed by atoms with E-state index in [2.05, 4.69) is 27.0 Å². The van der Waals surface area contributed by atoms with E-state index in [0.717, 1.165) is 25.9 Å². The molecule has 0 spiro atoms. The molecule has 1 aliphatic heterocycles. The van der Waals surface area contributed by atoms with Gasteiger partial charge in [-0.3, -0.25) is 0 Å². The SMILES string of the molecule is CN1CCC(N(C)c2ncno2)CC1. The zero-order chi connectivity index (χ0) is 9.97. The molecule has 0 aromatic carbocycles. The Balaban J connectivity index is 1.95. The van der Waals surface area contributed by atoms with Crippen molar-refractivity contribution < 1.29 is 4.52 Å². The van der Waals surface area contributed by atoms with Gasteiger partial charge < -0.3 is 14.3 Å². The van der Waals surface area contributed by atoms with Crippen molar-refractivity contribution in [1.82, 2.24) is 15.0 Å². The van der Waals surface area contributed by atoms with E-state index in [1.165, 1.54) is 6.33 Å². The molecule has 1 aromatic heterocycles. The predicted octanol–water partition coefficient (Wildman–Crippen LogP) is 0.600. The summed E-state index contributed by atoms with van der Waals surface area (Å²) < 4.78 is 5.03. The van der Waals surface area contributed by atoms with Crippen molar-refractivity contribution in [2.24, 2.45) is 0 Å². The van der Waals surface area contributed by atoms with Gasteiger partial charge >= 0.3 is 6.01 Å². The lowest BCUT2D eigenvalue weighted by atomic mass is 10.0. The van der Waals surface area contributed by atoms with Crippen LogP contribution >= 0.6 is 0 Å². The maximum absolute atomic E-state index is 5.03. The lowest BCUT2D eigenvalue weighted by Crippen LogP contribution is -2.42. The van der Waals surface area contributed by atoms with E-state index in [0.29, 0.717) is 12.1 Å². The second-order valence-electron chi connectivity index (χ2n) is 3.87. The highest BCUT2D eigenvalue weighted by molar-refractivity contribution is 5.24. The molecular formula is C9H16N4O. The van der Waals surface area contributed by atoms with Crippen molar-refractivity contribution in [3.8, 4) is 0 Å². The number of piperidine rings is 1. The number of hydrogen-bond donors (Lipinski definition) is 0. The van der Waals surface area contributed by atoms with E-state index in [1.807, 2.05) is 7.05 Å². The summed E-state index contributed by atoms with van der Waals surface area (Å²) in [4.78, 5) is 8.47. The second-order valence-corrected chi connectivity index (χ2v) is 3.87. The highest BCUT2D eigenvalue weighted by atomic mass is 16.5. The second kappa shape index (κ2) is 3.96. The third kappa shape index (κ3) is 1.87. The molecule has 0 radical (unpaired) electrons. The van der Waals surface area contributed by atoms with Crippen LogP contribution in [0.4, 0.5) is 6.01 Å². The first-order valence-corrected chi connectivity index (χ1v) is 4.95. The summed E-state index contributed by atoms with van der Waals surface area (Å²) in [6.07, 6.45) is 3.77. The Morgan fingerprint density at radius 1 is 1.50 bits per heavy atom. The molecule has 1 aliphatic rings. The van der Waals surface area contributed by atoms with E-state index in [9.17, 15) is 0 Å². The first-order chi connectivity index (χ1) is 6.77. The molecule has 5 heteroatoms. The van der Waals surface area contributed by atoms with Gasteiger partial charge in [-0.25, -0.2) is 0 Å². The van der Waals surface area contributed by atoms with Crippen LogP contribution in [0, 0.1) is 0 Å². The van der Waals surface area contributed by atoms with E-state index in [4.69, 9.17) is 4.52 Å². The number of likely N-dealkylation sites (tertiary alicyclic amines) is 1. The number of anilines is 1. The van der Waals surface area contributed by atoms with E-state index in [1.54, 1.807) is 0 Å². The van der Waals surface area contributed by atoms with E-state index < -0.39 is 0 Å². The van der Waals surface area contributed by atoms with Gasteiger partial charge in [0.05, 0.1) is 0 Å². The molecule has 5 nitrogen and oxygen atoms in total. The summed E-state index contributed by atoms with van der Waals surface area (Å²) in [6.45, 7) is 2.28. The molecule has 78 valence electrons. The Kier molecular flexibility index (Phi) is 2.67. The Morgan fingerprint density at radius 3 is 2.79 bits per heavy atom. The van der Waals surface area contributed by atoms with Crippen LogP contribution in [0.25, 0.3) is 0 Å². The van der Waals surface area contributed by atoms with Crippen molar-refractivity contribution in [2.75, 3.05) is 32.1 Å². The molecule has 1 saturated heterocycles. The largest absolute Gasteiger partial charge is 0.324 e. The van der Waals surface area contributed by atoms with Crippen LogP contribution in [0.5, 0.6) is 0 Å². The zero-order valence-corrected chi connectivity index (χ0v) is 8.68. The van der Waals surface area contributed by atoms with Gasteiger partial charge in [-0.05, 0) is 33.0 Å². The average molecular weight is 196 g/mol. The average Bonchev–Trinajstić information content (AvgIpc) is 2.71. The van der Waals surface area contributed by atoms with Crippen molar-refractivity contribution in [1.29, 1.82) is 0 Å². The van der Waals surface area contributed by atoms with Gasteiger partial charge in [-0.15, -0.1) is 0 Å². The molecule has 2 heterocycles. The monoisotopic (exact) mass is 196 g/mol. The molecule has 0 bridgehead atoms. The van der Waals surface area contributed by atoms with Crippen LogP contribution < -0.4 is 4.90 Å². The zero-order valence-electron chi connectivity index (χ0n) is 8.68. The minimum Gasteiger partial charge on any atom is -0.324 e. The Labute approximate surface area is 83.7 Å². The lowest BCUT2D eigenvalue weighted by molar-refractivity contribution is 0.247. The fourth-order valence-electron chi connectivity index (χ4n) is 1.86. The van der Waals surface area contributed by atoms with Gasteiger partial charge in [-0.2, -0.15) is 4.98 Å². The van der Waals surface area contributed by atoms with E-state index >= 15 is 0 Å². The van der Waals surface area contributed by atoms with Gasteiger partial charge in [0.25, 0.3) is 0 Å². The molecule has 1 aromatic rings. The summed E-state index contributed by atoms with van der Waals surface area (Å²) in [6, 6.07) is 1.16. The normalized spacial score (nSPS) is 19.9. The third-order valence-electron chi connectivity index (χ3n) is 2.89. The minimum atomic E-state index is 0.534. The molecule has 0 N–H and O–H groups in total. The molecule has 0 aliphatic carbocycles. The first kappa shape index (κ1) is 9.45. The van der Waals surface area contributed by atoms with Crippen molar-refractivity contribution in [3.05, 3.63) is 6.33 Å².